The normalized spacial score (nSPS) is 31.3. The lowest BCUT2D eigenvalue weighted by atomic mass is 9.67. The van der Waals surface area contributed by atoms with Gasteiger partial charge in [0.2, 0.25) is 0 Å². The minimum Gasteiger partial charge on any atom is -0.347 e. The maximum atomic E-state index is 12.5. The standard InChI is InChI=1S/C17H27N3OS/c1-10(2)6-15-19-14(9-22-15)17(21)20-16-11-4-3-5-12(16)8-13(18)7-11/h9-13,16H,3-8,18H2,1-2H3,(H,20,21). The van der Waals surface area contributed by atoms with Crippen LogP contribution in [0.5, 0.6) is 0 Å². The van der Waals surface area contributed by atoms with Crippen molar-refractivity contribution in [2.75, 3.05) is 0 Å². The van der Waals surface area contributed by atoms with E-state index in [0.717, 1.165) is 24.3 Å². The zero-order valence-corrected chi connectivity index (χ0v) is 14.4. The van der Waals surface area contributed by atoms with Gasteiger partial charge in [-0.05, 0) is 43.4 Å². The van der Waals surface area contributed by atoms with E-state index in [1.807, 2.05) is 5.38 Å². The molecule has 2 unspecified atom stereocenters. The van der Waals surface area contributed by atoms with E-state index < -0.39 is 0 Å². The Morgan fingerprint density at radius 2 is 2.09 bits per heavy atom. The molecule has 3 N–H and O–H groups in total. The minimum atomic E-state index is 0.00336. The second-order valence-electron chi connectivity index (χ2n) is 7.41. The number of thiazole rings is 1. The van der Waals surface area contributed by atoms with Gasteiger partial charge in [-0.25, -0.2) is 4.98 Å². The van der Waals surface area contributed by atoms with Crippen molar-refractivity contribution in [2.24, 2.45) is 23.5 Å². The molecule has 2 bridgehead atoms. The summed E-state index contributed by atoms with van der Waals surface area (Å²) in [4.78, 5) is 17.0. The summed E-state index contributed by atoms with van der Waals surface area (Å²) in [6.45, 7) is 4.35. The highest BCUT2D eigenvalue weighted by Crippen LogP contribution is 2.39. The van der Waals surface area contributed by atoms with Gasteiger partial charge in [-0.15, -0.1) is 11.3 Å². The van der Waals surface area contributed by atoms with Crippen molar-refractivity contribution in [3.63, 3.8) is 0 Å². The maximum absolute atomic E-state index is 12.5. The van der Waals surface area contributed by atoms with Gasteiger partial charge in [-0.1, -0.05) is 20.3 Å². The van der Waals surface area contributed by atoms with Crippen molar-refractivity contribution in [1.29, 1.82) is 0 Å². The van der Waals surface area contributed by atoms with Crippen LogP contribution in [-0.2, 0) is 6.42 Å². The fraction of sp³-hybridized carbons (Fsp3) is 0.765. The van der Waals surface area contributed by atoms with Crippen LogP contribution in [0.25, 0.3) is 0 Å². The van der Waals surface area contributed by atoms with E-state index in [1.54, 1.807) is 11.3 Å². The Hall–Kier alpha value is -0.940. The van der Waals surface area contributed by atoms with Crippen LogP contribution in [0.4, 0.5) is 0 Å². The first-order chi connectivity index (χ1) is 10.5. The number of hydrogen-bond acceptors (Lipinski definition) is 4. The largest absolute Gasteiger partial charge is 0.347 e. The summed E-state index contributed by atoms with van der Waals surface area (Å²) < 4.78 is 0. The van der Waals surface area contributed by atoms with Crippen LogP contribution in [0.15, 0.2) is 5.38 Å². The fourth-order valence-electron chi connectivity index (χ4n) is 4.11. The molecular formula is C17H27N3OS. The highest BCUT2D eigenvalue weighted by molar-refractivity contribution is 7.09. The zero-order chi connectivity index (χ0) is 15.7. The number of carbonyl (C=O) groups is 1. The molecule has 1 aromatic heterocycles. The van der Waals surface area contributed by atoms with Gasteiger partial charge < -0.3 is 11.1 Å². The van der Waals surface area contributed by atoms with Crippen LogP contribution in [0, 0.1) is 17.8 Å². The Labute approximate surface area is 136 Å². The van der Waals surface area contributed by atoms with Crippen molar-refractivity contribution >= 4 is 17.2 Å². The van der Waals surface area contributed by atoms with Gasteiger partial charge in [0.05, 0.1) is 5.01 Å². The number of amides is 1. The van der Waals surface area contributed by atoms with E-state index >= 15 is 0 Å². The first kappa shape index (κ1) is 15.9. The minimum absolute atomic E-state index is 0.00336. The predicted octanol–water partition coefficient (Wildman–Crippen LogP) is 2.98. The molecule has 22 heavy (non-hydrogen) atoms. The monoisotopic (exact) mass is 321 g/mol. The van der Waals surface area contributed by atoms with E-state index in [1.165, 1.54) is 19.3 Å². The first-order valence-electron chi connectivity index (χ1n) is 8.53. The number of carbonyl (C=O) groups excluding carboxylic acids is 1. The first-order valence-corrected chi connectivity index (χ1v) is 9.41. The summed E-state index contributed by atoms with van der Waals surface area (Å²) in [7, 11) is 0. The number of rotatable bonds is 4. The summed E-state index contributed by atoms with van der Waals surface area (Å²) in [5.74, 6) is 1.69. The van der Waals surface area contributed by atoms with Gasteiger partial charge in [0, 0.05) is 23.9 Å². The third-order valence-electron chi connectivity index (χ3n) is 5.04. The van der Waals surface area contributed by atoms with Gasteiger partial charge in [0.25, 0.3) is 5.91 Å². The third kappa shape index (κ3) is 3.51. The second kappa shape index (κ2) is 6.67. The Morgan fingerprint density at radius 1 is 1.41 bits per heavy atom. The Bertz CT molecular complexity index is 514. The number of nitrogens with two attached hydrogens (primary N) is 1. The van der Waals surface area contributed by atoms with Crippen LogP contribution in [-0.4, -0.2) is 23.0 Å². The van der Waals surface area contributed by atoms with Crippen molar-refractivity contribution in [3.8, 4) is 0 Å². The van der Waals surface area contributed by atoms with E-state index in [4.69, 9.17) is 5.73 Å². The van der Waals surface area contributed by atoms with Crippen molar-refractivity contribution in [1.82, 2.24) is 10.3 Å². The molecule has 1 heterocycles. The van der Waals surface area contributed by atoms with Crippen molar-refractivity contribution in [2.45, 2.75) is 64.5 Å². The molecular weight excluding hydrogens is 294 g/mol. The van der Waals surface area contributed by atoms with Crippen LogP contribution in [0.2, 0.25) is 0 Å². The molecule has 0 aromatic carbocycles. The molecule has 2 fully saturated rings. The zero-order valence-electron chi connectivity index (χ0n) is 13.5. The number of nitrogens with one attached hydrogen (secondary N) is 1. The summed E-state index contributed by atoms with van der Waals surface area (Å²) in [6, 6.07) is 0.622. The molecule has 2 aliphatic carbocycles. The molecule has 122 valence electrons. The SMILES string of the molecule is CC(C)Cc1nc(C(=O)NC2C3CCCC2CC(N)C3)cs1. The number of aromatic nitrogens is 1. The molecule has 5 heteroatoms. The molecule has 2 atom stereocenters. The average molecular weight is 321 g/mol. The smallest absolute Gasteiger partial charge is 0.270 e. The van der Waals surface area contributed by atoms with Gasteiger partial charge >= 0.3 is 0 Å². The molecule has 0 aliphatic heterocycles. The highest BCUT2D eigenvalue weighted by atomic mass is 32.1. The quantitative estimate of drug-likeness (QED) is 0.896. The lowest BCUT2D eigenvalue weighted by molar-refractivity contribution is 0.0752. The molecule has 2 saturated carbocycles. The molecule has 3 rings (SSSR count). The molecule has 1 amide bonds. The Morgan fingerprint density at radius 3 is 2.73 bits per heavy atom. The third-order valence-corrected chi connectivity index (χ3v) is 5.91. The number of fused-ring (bicyclic) bond motifs is 2. The highest BCUT2D eigenvalue weighted by Gasteiger charge is 2.40. The summed E-state index contributed by atoms with van der Waals surface area (Å²) >= 11 is 1.60. The molecule has 0 radical (unpaired) electrons. The lowest BCUT2D eigenvalue weighted by Gasteiger charge is -2.45. The summed E-state index contributed by atoms with van der Waals surface area (Å²) in [6.07, 6.45) is 6.73. The summed E-state index contributed by atoms with van der Waals surface area (Å²) in [5, 5.41) is 6.24. The number of nitrogens with zero attached hydrogens (tertiary/aromatic N) is 1. The van der Waals surface area contributed by atoms with Crippen LogP contribution >= 0.6 is 11.3 Å². The van der Waals surface area contributed by atoms with Crippen molar-refractivity contribution in [3.05, 3.63) is 16.1 Å². The van der Waals surface area contributed by atoms with Crippen LogP contribution in [0.3, 0.4) is 0 Å². The number of hydrogen-bond donors (Lipinski definition) is 2. The average Bonchev–Trinajstić information content (AvgIpc) is 2.87. The van der Waals surface area contributed by atoms with Crippen molar-refractivity contribution < 1.29 is 4.79 Å². The van der Waals surface area contributed by atoms with Gasteiger partial charge in [-0.3, -0.25) is 4.79 Å². The second-order valence-corrected chi connectivity index (χ2v) is 8.35. The maximum Gasteiger partial charge on any atom is 0.270 e. The van der Waals surface area contributed by atoms with E-state index in [-0.39, 0.29) is 5.91 Å². The van der Waals surface area contributed by atoms with Gasteiger partial charge in [0.1, 0.15) is 5.69 Å². The van der Waals surface area contributed by atoms with Crippen LogP contribution < -0.4 is 11.1 Å². The van der Waals surface area contributed by atoms with Crippen LogP contribution in [0.1, 0.15) is 61.4 Å². The van der Waals surface area contributed by atoms with Gasteiger partial charge in [-0.2, -0.15) is 0 Å². The van der Waals surface area contributed by atoms with E-state index in [2.05, 4.69) is 24.1 Å². The Kier molecular flexibility index (Phi) is 4.83. The predicted molar refractivity (Wildman–Crippen MR) is 90.0 cm³/mol. The lowest BCUT2D eigenvalue weighted by Crippen LogP contribution is -2.53. The van der Waals surface area contributed by atoms with E-state index in [0.29, 0.717) is 35.5 Å². The van der Waals surface area contributed by atoms with Gasteiger partial charge in [0.15, 0.2) is 0 Å². The topological polar surface area (TPSA) is 68.0 Å². The molecule has 1 aromatic rings. The molecule has 2 aliphatic rings. The molecule has 0 spiro atoms. The molecule has 4 nitrogen and oxygen atoms in total. The summed E-state index contributed by atoms with van der Waals surface area (Å²) in [5.41, 5.74) is 6.75. The fourth-order valence-corrected chi connectivity index (χ4v) is 5.10. The van der Waals surface area contributed by atoms with E-state index in [9.17, 15) is 4.79 Å². The Balaban J connectivity index is 1.65. The molecule has 0 saturated heterocycles.